The van der Waals surface area contributed by atoms with Crippen molar-refractivity contribution in [2.75, 3.05) is 32.9 Å². The van der Waals surface area contributed by atoms with Crippen LogP contribution in [0.5, 0.6) is 0 Å². The molecule has 9 heteroatoms. The number of rotatable bonds is 5. The highest BCUT2D eigenvalue weighted by atomic mass is 16.5. The van der Waals surface area contributed by atoms with Crippen LogP contribution in [0.25, 0.3) is 0 Å². The molecular weight excluding hydrogens is 364 g/mol. The van der Waals surface area contributed by atoms with Gasteiger partial charge in [0.1, 0.15) is 12.7 Å². The minimum absolute atomic E-state index is 0.0347. The number of ether oxygens (including phenoxy) is 2. The molecule has 0 saturated carbocycles. The maximum atomic E-state index is 12.6. The lowest BCUT2D eigenvalue weighted by Gasteiger charge is -2.53. The van der Waals surface area contributed by atoms with Crippen LogP contribution in [-0.2, 0) is 14.3 Å². The molecule has 2 saturated heterocycles. The number of carbonyl (C=O) groups excluding carboxylic acids is 2. The van der Waals surface area contributed by atoms with Gasteiger partial charge in [-0.25, -0.2) is 0 Å². The van der Waals surface area contributed by atoms with Gasteiger partial charge in [0.15, 0.2) is 5.69 Å². The normalized spacial score (nSPS) is 26.8. The number of hydrogen-bond acceptors (Lipinski definition) is 7. The number of piperidine rings is 1. The van der Waals surface area contributed by atoms with Gasteiger partial charge in [-0.2, -0.15) is 5.10 Å². The molecule has 3 rings (SSSR count). The van der Waals surface area contributed by atoms with Crippen LogP contribution in [0.3, 0.4) is 0 Å². The van der Waals surface area contributed by atoms with E-state index in [1.165, 1.54) is 6.20 Å². The molecule has 2 fully saturated rings. The van der Waals surface area contributed by atoms with Crippen molar-refractivity contribution in [1.82, 2.24) is 20.4 Å². The van der Waals surface area contributed by atoms with Crippen molar-refractivity contribution in [1.29, 1.82) is 0 Å². The molecule has 0 bridgehead atoms. The predicted molar refractivity (Wildman–Crippen MR) is 99.5 cm³/mol. The van der Waals surface area contributed by atoms with Crippen LogP contribution in [0.15, 0.2) is 18.3 Å². The summed E-state index contributed by atoms with van der Waals surface area (Å²) in [7, 11) is 0. The standard InChI is InChI=1S/C19H28N4O5/c1-3-27-13-15(24)21-18(2)8-12-28-19(17(18)26)6-10-23(11-7-19)16(25)14-5-4-9-20-22-14/h4-5,9,17,26H,3,6-8,10-13H2,1-2H3,(H,21,24)/t17-,18+/m1/s1. The molecule has 154 valence electrons. The summed E-state index contributed by atoms with van der Waals surface area (Å²) in [5, 5.41) is 21.7. The Balaban J connectivity index is 1.65. The molecule has 1 aromatic rings. The average molecular weight is 392 g/mol. The molecule has 2 aliphatic heterocycles. The van der Waals surface area contributed by atoms with Gasteiger partial charge in [0, 0.05) is 32.5 Å². The van der Waals surface area contributed by atoms with Crippen molar-refractivity contribution in [3.63, 3.8) is 0 Å². The second-order valence-corrected chi connectivity index (χ2v) is 7.57. The zero-order valence-corrected chi connectivity index (χ0v) is 16.4. The summed E-state index contributed by atoms with van der Waals surface area (Å²) in [6.45, 7) is 5.39. The van der Waals surface area contributed by atoms with Crippen molar-refractivity contribution in [3.05, 3.63) is 24.0 Å². The van der Waals surface area contributed by atoms with Crippen molar-refractivity contribution in [3.8, 4) is 0 Å². The Labute approximate surface area is 164 Å². The van der Waals surface area contributed by atoms with Crippen LogP contribution in [-0.4, -0.2) is 82.2 Å². The van der Waals surface area contributed by atoms with Crippen molar-refractivity contribution in [2.45, 2.75) is 50.4 Å². The first kappa shape index (κ1) is 20.6. The number of nitrogens with zero attached hydrogens (tertiary/aromatic N) is 3. The van der Waals surface area contributed by atoms with Gasteiger partial charge in [-0.15, -0.1) is 5.10 Å². The second-order valence-electron chi connectivity index (χ2n) is 7.57. The van der Waals surface area contributed by atoms with E-state index in [-0.39, 0.29) is 18.4 Å². The smallest absolute Gasteiger partial charge is 0.274 e. The molecule has 1 aromatic heterocycles. The molecule has 0 unspecified atom stereocenters. The maximum absolute atomic E-state index is 12.6. The molecule has 2 atom stereocenters. The van der Waals surface area contributed by atoms with Crippen LogP contribution >= 0.6 is 0 Å². The van der Waals surface area contributed by atoms with E-state index in [1.54, 1.807) is 17.0 Å². The van der Waals surface area contributed by atoms with E-state index >= 15 is 0 Å². The summed E-state index contributed by atoms with van der Waals surface area (Å²) in [5.74, 6) is -0.434. The first-order valence-corrected chi connectivity index (χ1v) is 9.68. The third kappa shape index (κ3) is 4.16. The van der Waals surface area contributed by atoms with Gasteiger partial charge in [-0.1, -0.05) is 0 Å². The fourth-order valence-corrected chi connectivity index (χ4v) is 4.03. The Morgan fingerprint density at radius 1 is 1.39 bits per heavy atom. The highest BCUT2D eigenvalue weighted by molar-refractivity contribution is 5.92. The average Bonchev–Trinajstić information content (AvgIpc) is 2.71. The van der Waals surface area contributed by atoms with Crippen molar-refractivity contribution in [2.24, 2.45) is 0 Å². The Kier molecular flexibility index (Phi) is 6.26. The van der Waals surface area contributed by atoms with Gasteiger partial charge in [0.25, 0.3) is 5.91 Å². The lowest BCUT2D eigenvalue weighted by atomic mass is 9.73. The molecule has 3 heterocycles. The molecule has 0 aliphatic carbocycles. The van der Waals surface area contributed by atoms with E-state index in [2.05, 4.69) is 15.5 Å². The molecule has 28 heavy (non-hydrogen) atoms. The number of aliphatic hydroxyl groups excluding tert-OH is 1. The quantitative estimate of drug-likeness (QED) is 0.733. The van der Waals surface area contributed by atoms with Gasteiger partial charge in [-0.05, 0) is 45.2 Å². The monoisotopic (exact) mass is 392 g/mol. The Morgan fingerprint density at radius 2 is 2.14 bits per heavy atom. The van der Waals surface area contributed by atoms with Crippen LogP contribution in [0.4, 0.5) is 0 Å². The molecule has 0 radical (unpaired) electrons. The number of aromatic nitrogens is 2. The van der Waals surface area contributed by atoms with Crippen LogP contribution in [0, 0.1) is 0 Å². The second kappa shape index (κ2) is 8.50. The van der Waals surface area contributed by atoms with Gasteiger partial charge < -0.3 is 24.8 Å². The maximum Gasteiger partial charge on any atom is 0.274 e. The zero-order chi connectivity index (χ0) is 20.2. The number of aliphatic hydroxyl groups is 1. The fraction of sp³-hybridized carbons (Fsp3) is 0.684. The van der Waals surface area contributed by atoms with Crippen molar-refractivity contribution >= 4 is 11.8 Å². The van der Waals surface area contributed by atoms with E-state index < -0.39 is 17.2 Å². The molecule has 1 spiro atoms. The van der Waals surface area contributed by atoms with E-state index in [0.29, 0.717) is 51.3 Å². The third-order valence-electron chi connectivity index (χ3n) is 5.66. The third-order valence-corrected chi connectivity index (χ3v) is 5.66. The van der Waals surface area contributed by atoms with Gasteiger partial charge in [-0.3, -0.25) is 9.59 Å². The minimum Gasteiger partial charge on any atom is -0.388 e. The predicted octanol–water partition coefficient (Wildman–Crippen LogP) is 0.144. The van der Waals surface area contributed by atoms with Crippen LogP contribution in [0.2, 0.25) is 0 Å². The van der Waals surface area contributed by atoms with E-state index in [4.69, 9.17) is 9.47 Å². The molecule has 2 aliphatic rings. The summed E-state index contributed by atoms with van der Waals surface area (Å²) >= 11 is 0. The summed E-state index contributed by atoms with van der Waals surface area (Å²) < 4.78 is 11.2. The topological polar surface area (TPSA) is 114 Å². The van der Waals surface area contributed by atoms with E-state index in [0.717, 1.165) is 0 Å². The minimum atomic E-state index is -0.881. The molecule has 2 amide bonds. The highest BCUT2D eigenvalue weighted by Crippen LogP contribution is 2.40. The zero-order valence-electron chi connectivity index (χ0n) is 16.4. The number of amides is 2. The first-order chi connectivity index (χ1) is 13.4. The van der Waals surface area contributed by atoms with E-state index in [1.807, 2.05) is 13.8 Å². The van der Waals surface area contributed by atoms with Crippen LogP contribution < -0.4 is 5.32 Å². The molecule has 0 aromatic carbocycles. The number of nitrogens with one attached hydrogen (secondary N) is 1. The largest absolute Gasteiger partial charge is 0.388 e. The fourth-order valence-electron chi connectivity index (χ4n) is 4.03. The van der Waals surface area contributed by atoms with Gasteiger partial charge in [0.05, 0.1) is 11.1 Å². The summed E-state index contributed by atoms with van der Waals surface area (Å²) in [4.78, 5) is 26.4. The molecule has 2 N–H and O–H groups in total. The first-order valence-electron chi connectivity index (χ1n) is 9.68. The van der Waals surface area contributed by atoms with Crippen molar-refractivity contribution < 1.29 is 24.2 Å². The Morgan fingerprint density at radius 3 is 2.79 bits per heavy atom. The lowest BCUT2D eigenvalue weighted by Crippen LogP contribution is -2.69. The molecular formula is C19H28N4O5. The Bertz CT molecular complexity index is 693. The van der Waals surface area contributed by atoms with E-state index in [9.17, 15) is 14.7 Å². The summed E-state index contributed by atoms with van der Waals surface area (Å²) in [6, 6.07) is 3.31. The van der Waals surface area contributed by atoms with Gasteiger partial charge in [0.2, 0.25) is 5.91 Å². The van der Waals surface area contributed by atoms with Crippen LogP contribution in [0.1, 0.15) is 43.6 Å². The number of likely N-dealkylation sites (tertiary alicyclic amines) is 1. The summed E-state index contributed by atoms with van der Waals surface area (Å²) in [6.07, 6.45) is 2.12. The highest BCUT2D eigenvalue weighted by Gasteiger charge is 2.54. The summed E-state index contributed by atoms with van der Waals surface area (Å²) in [5.41, 5.74) is -1.29. The molecule has 9 nitrogen and oxygen atoms in total. The lowest BCUT2D eigenvalue weighted by molar-refractivity contribution is -0.206. The number of hydrogen-bond donors (Lipinski definition) is 2. The van der Waals surface area contributed by atoms with Gasteiger partial charge >= 0.3 is 0 Å². The number of carbonyl (C=O) groups is 2. The SMILES string of the molecule is CCOCC(=O)N[C@@]1(C)CCOC2(CCN(C(=O)c3cccnn3)CC2)[C@@H]1O. The Hall–Kier alpha value is -2.10.